The maximum atomic E-state index is 12.5. The smallest absolute Gasteiger partial charge is 0.259 e. The quantitative estimate of drug-likeness (QED) is 0.887. The van der Waals surface area contributed by atoms with Crippen molar-refractivity contribution in [1.29, 1.82) is 0 Å². The van der Waals surface area contributed by atoms with Gasteiger partial charge in [-0.1, -0.05) is 6.07 Å². The number of amides is 1. The molecule has 1 amide bonds. The normalized spacial score (nSPS) is 13.1. The molecule has 3 rings (SSSR count). The number of carbonyl (C=O) groups is 1. The molecule has 0 saturated heterocycles. The molecule has 1 aromatic carbocycles. The van der Waals surface area contributed by atoms with Crippen LogP contribution in [0.4, 0.5) is 11.4 Å². The van der Waals surface area contributed by atoms with Crippen LogP contribution in [0.15, 0.2) is 18.2 Å². The van der Waals surface area contributed by atoms with Crippen LogP contribution in [0.2, 0.25) is 0 Å². The molecular weight excluding hydrogens is 268 g/mol. The van der Waals surface area contributed by atoms with Crippen molar-refractivity contribution in [2.75, 3.05) is 23.8 Å². The molecule has 0 bridgehead atoms. The lowest BCUT2D eigenvalue weighted by atomic mass is 10.1. The van der Waals surface area contributed by atoms with Crippen LogP contribution < -0.4 is 15.4 Å². The van der Waals surface area contributed by atoms with Gasteiger partial charge in [0.1, 0.15) is 6.61 Å². The van der Waals surface area contributed by atoms with Crippen LogP contribution >= 0.6 is 0 Å². The van der Waals surface area contributed by atoms with E-state index in [1.165, 1.54) is 0 Å². The van der Waals surface area contributed by atoms with Gasteiger partial charge in [0.2, 0.25) is 0 Å². The Morgan fingerprint density at radius 2 is 2.24 bits per heavy atom. The number of nitrogens with one attached hydrogen (secondary N) is 2. The molecule has 6 heteroatoms. The van der Waals surface area contributed by atoms with Gasteiger partial charge in [0.15, 0.2) is 5.75 Å². The predicted molar refractivity (Wildman–Crippen MR) is 81.1 cm³/mol. The van der Waals surface area contributed by atoms with Gasteiger partial charge in [-0.2, -0.15) is 5.10 Å². The summed E-state index contributed by atoms with van der Waals surface area (Å²) >= 11 is 0. The van der Waals surface area contributed by atoms with E-state index in [0.29, 0.717) is 17.9 Å². The summed E-state index contributed by atoms with van der Waals surface area (Å²) in [6.07, 6.45) is 0. The van der Waals surface area contributed by atoms with Crippen molar-refractivity contribution in [3.05, 3.63) is 35.2 Å². The Labute approximate surface area is 123 Å². The first-order valence-corrected chi connectivity index (χ1v) is 6.89. The molecule has 0 unspecified atom stereocenters. The minimum absolute atomic E-state index is 0.185. The van der Waals surface area contributed by atoms with Crippen LogP contribution in [0.1, 0.15) is 21.7 Å². The molecule has 0 saturated carbocycles. The van der Waals surface area contributed by atoms with E-state index in [2.05, 4.69) is 15.7 Å². The van der Waals surface area contributed by atoms with Crippen molar-refractivity contribution in [3.63, 3.8) is 0 Å². The van der Waals surface area contributed by atoms with Gasteiger partial charge in [0.05, 0.1) is 28.3 Å². The minimum atomic E-state index is -0.185. The van der Waals surface area contributed by atoms with E-state index >= 15 is 0 Å². The molecule has 6 nitrogen and oxygen atoms in total. The van der Waals surface area contributed by atoms with E-state index in [9.17, 15) is 4.79 Å². The largest absolute Gasteiger partial charge is 0.489 e. The fourth-order valence-electron chi connectivity index (χ4n) is 2.48. The van der Waals surface area contributed by atoms with E-state index in [0.717, 1.165) is 29.3 Å². The van der Waals surface area contributed by atoms with Gasteiger partial charge in [-0.3, -0.25) is 9.48 Å². The number of hydrogen-bond acceptors (Lipinski definition) is 4. The molecule has 0 aliphatic carbocycles. The predicted octanol–water partition coefficient (Wildman–Crippen LogP) is 2.09. The second kappa shape index (κ2) is 5.12. The van der Waals surface area contributed by atoms with Crippen molar-refractivity contribution < 1.29 is 9.53 Å². The molecule has 2 heterocycles. The first kappa shape index (κ1) is 13.5. The standard InChI is InChI=1S/C15H18N4O2/c1-9-13(10(2)19(3)18-9)17-15(20)11-5-4-6-12-14(11)21-8-7-16-12/h4-6,16H,7-8H2,1-3H3,(H,17,20). The van der Waals surface area contributed by atoms with Crippen molar-refractivity contribution in [3.8, 4) is 5.75 Å². The molecule has 21 heavy (non-hydrogen) atoms. The SMILES string of the molecule is Cc1nn(C)c(C)c1NC(=O)c1cccc2c1OCCN2. The summed E-state index contributed by atoms with van der Waals surface area (Å²) in [5, 5.41) is 10.5. The van der Waals surface area contributed by atoms with Gasteiger partial charge in [-0.25, -0.2) is 0 Å². The molecule has 2 N–H and O–H groups in total. The third-order valence-corrected chi connectivity index (χ3v) is 3.67. The highest BCUT2D eigenvalue weighted by atomic mass is 16.5. The first-order chi connectivity index (χ1) is 10.1. The lowest BCUT2D eigenvalue weighted by molar-refractivity contribution is 0.102. The number of para-hydroxylation sites is 1. The summed E-state index contributed by atoms with van der Waals surface area (Å²) in [6, 6.07) is 5.52. The number of hydrogen-bond donors (Lipinski definition) is 2. The number of ether oxygens (including phenoxy) is 1. The molecule has 2 aromatic rings. The van der Waals surface area contributed by atoms with Crippen molar-refractivity contribution in [2.24, 2.45) is 7.05 Å². The molecule has 0 atom stereocenters. The van der Waals surface area contributed by atoms with Crippen LogP contribution in [-0.2, 0) is 7.05 Å². The molecular formula is C15H18N4O2. The third-order valence-electron chi connectivity index (χ3n) is 3.67. The van der Waals surface area contributed by atoms with Gasteiger partial charge in [0, 0.05) is 13.6 Å². The number of anilines is 2. The highest BCUT2D eigenvalue weighted by Crippen LogP contribution is 2.32. The van der Waals surface area contributed by atoms with E-state index < -0.39 is 0 Å². The Hall–Kier alpha value is -2.50. The van der Waals surface area contributed by atoms with Gasteiger partial charge in [-0.05, 0) is 26.0 Å². The van der Waals surface area contributed by atoms with Crippen LogP contribution in [0.5, 0.6) is 5.75 Å². The zero-order chi connectivity index (χ0) is 15.0. The third kappa shape index (κ3) is 2.33. The first-order valence-electron chi connectivity index (χ1n) is 6.89. The van der Waals surface area contributed by atoms with Gasteiger partial charge in [0.25, 0.3) is 5.91 Å². The Bertz CT molecular complexity index is 706. The van der Waals surface area contributed by atoms with Crippen LogP contribution in [-0.4, -0.2) is 28.8 Å². The molecule has 0 fully saturated rings. The lowest BCUT2D eigenvalue weighted by Crippen LogP contribution is -2.22. The van der Waals surface area contributed by atoms with Crippen molar-refractivity contribution in [2.45, 2.75) is 13.8 Å². The second-order valence-corrected chi connectivity index (χ2v) is 5.08. The number of rotatable bonds is 2. The summed E-state index contributed by atoms with van der Waals surface area (Å²) in [4.78, 5) is 12.5. The van der Waals surface area contributed by atoms with E-state index in [-0.39, 0.29) is 5.91 Å². The van der Waals surface area contributed by atoms with Crippen molar-refractivity contribution in [1.82, 2.24) is 9.78 Å². The summed E-state index contributed by atoms with van der Waals surface area (Å²) < 4.78 is 7.39. The topological polar surface area (TPSA) is 68.2 Å². The second-order valence-electron chi connectivity index (χ2n) is 5.08. The minimum Gasteiger partial charge on any atom is -0.489 e. The number of aromatic nitrogens is 2. The summed E-state index contributed by atoms with van der Waals surface area (Å²) in [5.41, 5.74) is 3.86. The Balaban J connectivity index is 1.93. The molecule has 0 spiro atoms. The summed E-state index contributed by atoms with van der Waals surface area (Å²) in [7, 11) is 1.86. The van der Waals surface area contributed by atoms with Crippen LogP contribution in [0.3, 0.4) is 0 Å². The fourth-order valence-corrected chi connectivity index (χ4v) is 2.48. The molecule has 0 radical (unpaired) electrons. The zero-order valence-electron chi connectivity index (χ0n) is 12.4. The average Bonchev–Trinajstić information content (AvgIpc) is 2.73. The highest BCUT2D eigenvalue weighted by molar-refractivity contribution is 6.07. The Morgan fingerprint density at radius 3 is 2.95 bits per heavy atom. The van der Waals surface area contributed by atoms with E-state index in [4.69, 9.17) is 4.74 Å². The van der Waals surface area contributed by atoms with Crippen molar-refractivity contribution >= 4 is 17.3 Å². The van der Waals surface area contributed by atoms with E-state index in [1.807, 2.05) is 33.0 Å². The molecule has 1 aliphatic rings. The maximum Gasteiger partial charge on any atom is 0.259 e. The highest BCUT2D eigenvalue weighted by Gasteiger charge is 2.21. The summed E-state index contributed by atoms with van der Waals surface area (Å²) in [5.74, 6) is 0.426. The monoisotopic (exact) mass is 286 g/mol. The number of carbonyl (C=O) groups excluding carboxylic acids is 1. The molecule has 110 valence electrons. The van der Waals surface area contributed by atoms with E-state index in [1.54, 1.807) is 10.7 Å². The molecule has 1 aliphatic heterocycles. The summed E-state index contributed by atoms with van der Waals surface area (Å²) in [6.45, 7) is 5.11. The average molecular weight is 286 g/mol. The lowest BCUT2D eigenvalue weighted by Gasteiger charge is -2.21. The number of benzene rings is 1. The fraction of sp³-hybridized carbons (Fsp3) is 0.333. The molecule has 1 aromatic heterocycles. The Morgan fingerprint density at radius 1 is 1.43 bits per heavy atom. The number of nitrogens with zero attached hydrogens (tertiary/aromatic N) is 2. The van der Waals surface area contributed by atoms with Gasteiger partial charge in [-0.15, -0.1) is 0 Å². The zero-order valence-corrected chi connectivity index (χ0v) is 12.4. The maximum absolute atomic E-state index is 12.5. The Kier molecular flexibility index (Phi) is 3.29. The van der Waals surface area contributed by atoms with Crippen LogP contribution in [0.25, 0.3) is 0 Å². The van der Waals surface area contributed by atoms with Gasteiger partial charge >= 0.3 is 0 Å². The number of fused-ring (bicyclic) bond motifs is 1. The number of aryl methyl sites for hydroxylation is 2. The van der Waals surface area contributed by atoms with Crippen LogP contribution in [0, 0.1) is 13.8 Å². The van der Waals surface area contributed by atoms with Gasteiger partial charge < -0.3 is 15.4 Å².